The van der Waals surface area contributed by atoms with Gasteiger partial charge in [0.2, 0.25) is 16.8 Å². The first-order valence-corrected chi connectivity index (χ1v) is 13.9. The van der Waals surface area contributed by atoms with Gasteiger partial charge in [0.25, 0.3) is 11.8 Å². The molecule has 0 saturated carbocycles. The minimum absolute atomic E-state index is 0.00784. The number of aromatic nitrogens is 1. The smallest absolute Gasteiger partial charge is 0.274 e. The van der Waals surface area contributed by atoms with Gasteiger partial charge in [0.15, 0.2) is 11.4 Å². The highest BCUT2D eigenvalue weighted by Crippen LogP contribution is 2.45. The summed E-state index contributed by atoms with van der Waals surface area (Å²) in [6.07, 6.45) is 1.91. The van der Waals surface area contributed by atoms with Crippen LogP contribution in [-0.2, 0) is 22.8 Å². The van der Waals surface area contributed by atoms with Gasteiger partial charge in [-0.2, -0.15) is 0 Å². The van der Waals surface area contributed by atoms with Crippen molar-refractivity contribution < 1.29 is 32.7 Å². The molecular formula is C31H28F2N4O6. The van der Waals surface area contributed by atoms with Gasteiger partial charge in [-0.1, -0.05) is 41.6 Å². The van der Waals surface area contributed by atoms with E-state index in [9.17, 15) is 28.0 Å². The van der Waals surface area contributed by atoms with E-state index in [2.05, 4.69) is 10.5 Å². The maximum Gasteiger partial charge on any atom is 0.274 e. The SMILES string of the molecule is CC1=NO[C@]2(CC[C@H](C)N3C[C@H]2n2cc(C(=O)NCc4ccc(F)cc4F)c(=O)c(OCc4ccccc4)c2C3=O)C1=O. The molecule has 1 aromatic heterocycles. The molecule has 2 amide bonds. The Labute approximate surface area is 244 Å². The fourth-order valence-electron chi connectivity index (χ4n) is 5.93. The second-order valence-corrected chi connectivity index (χ2v) is 11.0. The molecular weight excluding hydrogens is 562 g/mol. The molecule has 222 valence electrons. The van der Waals surface area contributed by atoms with E-state index in [0.29, 0.717) is 18.1 Å². The zero-order chi connectivity index (χ0) is 30.5. The zero-order valence-corrected chi connectivity index (χ0v) is 23.4. The van der Waals surface area contributed by atoms with Crippen LogP contribution < -0.4 is 15.5 Å². The standard InChI is InChI=1S/C31H28F2N4O6/c1-17-10-11-31(28(39)18(2)35-43-31)24-15-36(17)30(41)25-27(42-16-19-6-4-3-5-7-19)26(38)22(14-37(24)25)29(40)34-13-20-8-9-21(32)12-23(20)33/h3-9,12,14,17,24H,10-11,13,15-16H2,1-2H3,(H,34,40)/t17-,24+,31-/m0/s1. The number of carbonyl (C=O) groups is 3. The van der Waals surface area contributed by atoms with E-state index in [-0.39, 0.29) is 66.2 Å². The fourth-order valence-corrected chi connectivity index (χ4v) is 5.93. The molecule has 0 aliphatic carbocycles. The van der Waals surface area contributed by atoms with Crippen molar-refractivity contribution in [3.63, 3.8) is 0 Å². The fraction of sp³-hybridized carbons (Fsp3) is 0.323. The molecule has 1 spiro atoms. The van der Waals surface area contributed by atoms with Crippen molar-refractivity contribution in [3.05, 3.63) is 99.0 Å². The molecule has 1 saturated heterocycles. The van der Waals surface area contributed by atoms with Gasteiger partial charge in [0.1, 0.15) is 35.6 Å². The number of rotatable bonds is 6. The van der Waals surface area contributed by atoms with Crippen LogP contribution in [0.25, 0.3) is 0 Å². The number of ether oxygens (including phenoxy) is 1. The Hall–Kier alpha value is -4.87. The second kappa shape index (κ2) is 10.8. The molecule has 3 aromatic rings. The Morgan fingerprint density at radius 2 is 1.93 bits per heavy atom. The Bertz CT molecular complexity index is 1740. The second-order valence-electron chi connectivity index (χ2n) is 11.0. The highest BCUT2D eigenvalue weighted by atomic mass is 19.1. The maximum atomic E-state index is 14.2. The molecule has 10 nitrogen and oxygen atoms in total. The summed E-state index contributed by atoms with van der Waals surface area (Å²) in [6.45, 7) is 3.06. The molecule has 1 fully saturated rings. The van der Waals surface area contributed by atoms with Gasteiger partial charge in [-0.15, -0.1) is 0 Å². The van der Waals surface area contributed by atoms with Crippen LogP contribution in [0, 0.1) is 11.6 Å². The molecule has 2 bridgehead atoms. The number of fused-ring (bicyclic) bond motifs is 5. The minimum atomic E-state index is -1.46. The molecule has 0 radical (unpaired) electrons. The summed E-state index contributed by atoms with van der Waals surface area (Å²) in [7, 11) is 0. The van der Waals surface area contributed by atoms with Crippen LogP contribution in [-0.4, -0.2) is 51.0 Å². The summed E-state index contributed by atoms with van der Waals surface area (Å²) in [6, 6.07) is 10.8. The molecule has 4 heterocycles. The van der Waals surface area contributed by atoms with E-state index in [4.69, 9.17) is 9.57 Å². The van der Waals surface area contributed by atoms with Crippen molar-refractivity contribution >= 4 is 23.3 Å². The molecule has 1 N–H and O–H groups in total. The number of oxime groups is 1. The van der Waals surface area contributed by atoms with Crippen molar-refractivity contribution in [2.45, 2.75) is 57.5 Å². The van der Waals surface area contributed by atoms with Crippen LogP contribution in [0.2, 0.25) is 0 Å². The van der Waals surface area contributed by atoms with E-state index in [1.54, 1.807) is 36.1 Å². The number of Topliss-reactive ketones (excluding diaryl/α,β-unsaturated/α-hetero) is 1. The topological polar surface area (TPSA) is 119 Å². The van der Waals surface area contributed by atoms with Gasteiger partial charge in [-0.25, -0.2) is 8.78 Å². The predicted octanol–water partition coefficient (Wildman–Crippen LogP) is 3.53. The summed E-state index contributed by atoms with van der Waals surface area (Å²) < 4.78 is 35.0. The highest BCUT2D eigenvalue weighted by molar-refractivity contribution is 6.43. The van der Waals surface area contributed by atoms with Crippen molar-refractivity contribution in [3.8, 4) is 5.75 Å². The van der Waals surface area contributed by atoms with E-state index < -0.39 is 40.5 Å². The number of pyridine rings is 1. The van der Waals surface area contributed by atoms with E-state index >= 15 is 0 Å². The average Bonchev–Trinajstić information content (AvgIpc) is 3.20. The molecule has 12 heteroatoms. The zero-order valence-electron chi connectivity index (χ0n) is 23.4. The van der Waals surface area contributed by atoms with Gasteiger partial charge in [-0.05, 0) is 31.9 Å². The highest BCUT2D eigenvalue weighted by Gasteiger charge is 2.59. The third-order valence-corrected chi connectivity index (χ3v) is 8.35. The van der Waals surface area contributed by atoms with Crippen molar-refractivity contribution in [1.82, 2.24) is 14.8 Å². The van der Waals surface area contributed by atoms with E-state index in [0.717, 1.165) is 6.07 Å². The summed E-state index contributed by atoms with van der Waals surface area (Å²) in [5.41, 5.74) is -1.89. The van der Waals surface area contributed by atoms with Gasteiger partial charge < -0.3 is 24.4 Å². The maximum absolute atomic E-state index is 14.2. The lowest BCUT2D eigenvalue weighted by molar-refractivity contribution is -0.140. The first kappa shape index (κ1) is 28.3. The van der Waals surface area contributed by atoms with Crippen LogP contribution in [0.15, 0.2) is 64.7 Å². The number of carbonyl (C=O) groups excluding carboxylic acids is 3. The number of nitrogens with one attached hydrogen (secondary N) is 1. The molecule has 3 aliphatic rings. The lowest BCUT2D eigenvalue weighted by atomic mass is 9.83. The molecule has 3 atom stereocenters. The number of benzene rings is 2. The Morgan fingerprint density at radius 3 is 2.63 bits per heavy atom. The number of hydrogen-bond donors (Lipinski definition) is 1. The van der Waals surface area contributed by atoms with Gasteiger partial charge in [0.05, 0.1) is 0 Å². The number of halogens is 2. The number of nitrogens with zero attached hydrogens (tertiary/aromatic N) is 3. The van der Waals surface area contributed by atoms with Crippen LogP contribution >= 0.6 is 0 Å². The normalized spacial score (nSPS) is 22.5. The van der Waals surface area contributed by atoms with Crippen LogP contribution in [0.1, 0.15) is 64.7 Å². The molecule has 43 heavy (non-hydrogen) atoms. The lowest BCUT2D eigenvalue weighted by Crippen LogP contribution is -2.55. The first-order valence-electron chi connectivity index (χ1n) is 13.9. The Morgan fingerprint density at radius 1 is 1.16 bits per heavy atom. The van der Waals surface area contributed by atoms with Crippen LogP contribution in [0.3, 0.4) is 0 Å². The molecule has 3 aliphatic heterocycles. The largest absolute Gasteiger partial charge is 0.483 e. The molecule has 0 unspecified atom stereocenters. The third-order valence-electron chi connectivity index (χ3n) is 8.35. The monoisotopic (exact) mass is 590 g/mol. The summed E-state index contributed by atoms with van der Waals surface area (Å²) >= 11 is 0. The number of amides is 2. The van der Waals surface area contributed by atoms with E-state index in [1.807, 2.05) is 13.0 Å². The lowest BCUT2D eigenvalue weighted by Gasteiger charge is -2.41. The van der Waals surface area contributed by atoms with Crippen molar-refractivity contribution in [2.75, 3.05) is 6.54 Å². The Kier molecular flexibility index (Phi) is 7.07. The number of hydrogen-bond acceptors (Lipinski definition) is 7. The summed E-state index contributed by atoms with van der Waals surface area (Å²) in [4.78, 5) is 62.2. The predicted molar refractivity (Wildman–Crippen MR) is 150 cm³/mol. The minimum Gasteiger partial charge on any atom is -0.483 e. The molecule has 6 rings (SSSR count). The average molecular weight is 591 g/mol. The van der Waals surface area contributed by atoms with Gasteiger partial charge in [-0.3, -0.25) is 19.2 Å². The van der Waals surface area contributed by atoms with Crippen LogP contribution in [0.4, 0.5) is 8.78 Å². The van der Waals surface area contributed by atoms with Gasteiger partial charge in [0, 0.05) is 43.4 Å². The third kappa shape index (κ3) is 4.76. The van der Waals surface area contributed by atoms with Crippen molar-refractivity contribution in [1.29, 1.82) is 0 Å². The summed E-state index contributed by atoms with van der Waals surface area (Å²) in [5, 5.41) is 6.47. The first-order chi connectivity index (χ1) is 20.6. The van der Waals surface area contributed by atoms with Gasteiger partial charge >= 0.3 is 0 Å². The van der Waals surface area contributed by atoms with E-state index in [1.165, 1.54) is 16.8 Å². The van der Waals surface area contributed by atoms with Crippen molar-refractivity contribution in [2.24, 2.45) is 5.16 Å². The van der Waals surface area contributed by atoms with Crippen LogP contribution in [0.5, 0.6) is 5.75 Å². The summed E-state index contributed by atoms with van der Waals surface area (Å²) in [5.74, 6) is -3.67. The number of ketones is 1. The Balaban J connectivity index is 1.47. The molecule has 2 aromatic carbocycles. The quantitative estimate of drug-likeness (QED) is 0.469.